The molecule has 2 aliphatic heterocycles. The van der Waals surface area contributed by atoms with Gasteiger partial charge in [-0.15, -0.1) is 0 Å². The normalized spacial score (nSPS) is 30.2. The van der Waals surface area contributed by atoms with Crippen LogP contribution in [0.5, 0.6) is 5.75 Å². The number of aromatic nitrogens is 1. The Morgan fingerprint density at radius 3 is 3.11 bits per heavy atom. The first-order valence-electron chi connectivity index (χ1n) is 6.87. The first-order valence-corrected chi connectivity index (χ1v) is 6.87. The fourth-order valence-electron chi connectivity index (χ4n) is 3.09. The quantitative estimate of drug-likeness (QED) is 0.884. The average Bonchev–Trinajstić information content (AvgIpc) is 2.99. The second kappa shape index (κ2) is 5.11. The zero-order chi connectivity index (χ0) is 12.4. The minimum atomic E-state index is 0.686. The van der Waals surface area contributed by atoms with Crippen LogP contribution in [-0.4, -0.2) is 23.7 Å². The van der Waals surface area contributed by atoms with Gasteiger partial charge in [0.2, 0.25) is 0 Å². The molecule has 3 unspecified atom stereocenters. The summed E-state index contributed by atoms with van der Waals surface area (Å²) in [5.74, 6) is 1.55. The first kappa shape index (κ1) is 11.7. The van der Waals surface area contributed by atoms with Crippen molar-refractivity contribution < 1.29 is 4.74 Å². The van der Waals surface area contributed by atoms with E-state index in [-0.39, 0.29) is 0 Å². The van der Waals surface area contributed by atoms with Crippen LogP contribution in [-0.2, 0) is 0 Å². The number of pyridine rings is 1. The Morgan fingerprint density at radius 1 is 1.44 bits per heavy atom. The third kappa shape index (κ3) is 2.41. The first-order chi connectivity index (χ1) is 8.85. The Morgan fingerprint density at radius 2 is 2.39 bits per heavy atom. The second-order valence-electron chi connectivity index (χ2n) is 5.19. The van der Waals surface area contributed by atoms with Crippen molar-refractivity contribution in [3.63, 3.8) is 0 Å². The van der Waals surface area contributed by atoms with E-state index in [1.165, 1.54) is 19.3 Å². The van der Waals surface area contributed by atoms with E-state index in [1.807, 2.05) is 19.2 Å². The summed E-state index contributed by atoms with van der Waals surface area (Å²) in [6, 6.07) is 3.51. The third-order valence-electron chi connectivity index (χ3n) is 3.93. The number of nitrogens with zero attached hydrogens (tertiary/aromatic N) is 1. The summed E-state index contributed by atoms with van der Waals surface area (Å²) in [5.41, 5.74) is 1.13. The fraction of sp³-hybridized carbons (Fsp3) is 0.533. The van der Waals surface area contributed by atoms with Gasteiger partial charge in [-0.2, -0.15) is 0 Å². The second-order valence-corrected chi connectivity index (χ2v) is 5.19. The summed E-state index contributed by atoms with van der Waals surface area (Å²) in [7, 11) is 0. The van der Waals surface area contributed by atoms with Crippen molar-refractivity contribution in [2.24, 2.45) is 5.92 Å². The number of fused-ring (bicyclic) bond motifs is 2. The molecular weight excluding hydrogens is 224 g/mol. The van der Waals surface area contributed by atoms with Crippen LogP contribution in [0.15, 0.2) is 24.5 Å². The van der Waals surface area contributed by atoms with E-state index in [0.717, 1.165) is 17.4 Å². The van der Waals surface area contributed by atoms with Gasteiger partial charge in [0, 0.05) is 18.3 Å². The number of hydrogen-bond donors (Lipinski definition) is 1. The van der Waals surface area contributed by atoms with Crippen molar-refractivity contribution >= 4 is 6.08 Å². The van der Waals surface area contributed by atoms with Crippen molar-refractivity contribution in [1.29, 1.82) is 0 Å². The van der Waals surface area contributed by atoms with Crippen LogP contribution >= 0.6 is 0 Å². The molecule has 1 N–H and O–H groups in total. The highest BCUT2D eigenvalue weighted by Crippen LogP contribution is 2.34. The molecule has 0 saturated carbocycles. The molecule has 0 aromatic carbocycles. The van der Waals surface area contributed by atoms with Crippen molar-refractivity contribution in [1.82, 2.24) is 10.3 Å². The molecule has 0 aliphatic carbocycles. The number of ether oxygens (including phenoxy) is 1. The highest BCUT2D eigenvalue weighted by atomic mass is 16.5. The predicted octanol–water partition coefficient (Wildman–Crippen LogP) is 2.63. The van der Waals surface area contributed by atoms with Gasteiger partial charge in [-0.1, -0.05) is 12.2 Å². The molecule has 2 bridgehead atoms. The monoisotopic (exact) mass is 244 g/mol. The maximum atomic E-state index is 5.46. The van der Waals surface area contributed by atoms with E-state index < -0.39 is 0 Å². The van der Waals surface area contributed by atoms with Gasteiger partial charge in [0.25, 0.3) is 0 Å². The molecule has 3 heteroatoms. The summed E-state index contributed by atoms with van der Waals surface area (Å²) in [5, 5.41) is 3.65. The van der Waals surface area contributed by atoms with E-state index in [4.69, 9.17) is 4.74 Å². The van der Waals surface area contributed by atoms with Crippen LogP contribution in [0.2, 0.25) is 0 Å². The maximum absolute atomic E-state index is 5.46. The topological polar surface area (TPSA) is 34.1 Å². The van der Waals surface area contributed by atoms with E-state index in [1.54, 1.807) is 6.20 Å². The van der Waals surface area contributed by atoms with Gasteiger partial charge in [-0.05, 0) is 43.7 Å². The summed E-state index contributed by atoms with van der Waals surface area (Å²) in [6.45, 7) is 2.68. The highest BCUT2D eigenvalue weighted by Gasteiger charge is 2.37. The smallest absolute Gasteiger partial charge is 0.138 e. The molecule has 2 saturated heterocycles. The molecule has 0 radical (unpaired) electrons. The van der Waals surface area contributed by atoms with Gasteiger partial charge in [-0.25, -0.2) is 0 Å². The lowest BCUT2D eigenvalue weighted by Gasteiger charge is -2.15. The van der Waals surface area contributed by atoms with E-state index >= 15 is 0 Å². The van der Waals surface area contributed by atoms with Crippen molar-refractivity contribution in [3.8, 4) is 5.75 Å². The largest absolute Gasteiger partial charge is 0.492 e. The number of hydrogen-bond acceptors (Lipinski definition) is 3. The van der Waals surface area contributed by atoms with Gasteiger partial charge in [0.15, 0.2) is 0 Å². The molecule has 96 valence electrons. The van der Waals surface area contributed by atoms with Gasteiger partial charge >= 0.3 is 0 Å². The van der Waals surface area contributed by atoms with Crippen molar-refractivity contribution in [2.45, 2.75) is 38.3 Å². The summed E-state index contributed by atoms with van der Waals surface area (Å²) >= 11 is 0. The molecule has 1 aromatic rings. The molecule has 1 aromatic heterocycles. The lowest BCUT2D eigenvalue weighted by molar-refractivity contribution is 0.339. The van der Waals surface area contributed by atoms with Gasteiger partial charge in [-0.3, -0.25) is 4.98 Å². The average molecular weight is 244 g/mol. The Balaban J connectivity index is 1.66. The Bertz CT molecular complexity index is 444. The number of rotatable bonds is 4. The Kier molecular flexibility index (Phi) is 3.33. The zero-order valence-electron chi connectivity index (χ0n) is 10.8. The SMILES string of the molecule is CCOc1cncc(C=CC2CC3CCC2N3)c1. The zero-order valence-corrected chi connectivity index (χ0v) is 10.8. The van der Waals surface area contributed by atoms with Crippen LogP contribution in [0.25, 0.3) is 6.08 Å². The fourth-order valence-corrected chi connectivity index (χ4v) is 3.09. The standard InChI is InChI=1S/C15H20N2O/c1-2-18-14-7-11(9-16-10-14)3-4-12-8-13-5-6-15(12)17-13/h3-4,7,9-10,12-13,15,17H,2,5-6,8H2,1H3. The Labute approximate surface area is 108 Å². The molecule has 3 atom stereocenters. The van der Waals surface area contributed by atoms with E-state index in [0.29, 0.717) is 18.6 Å². The molecule has 2 aliphatic rings. The summed E-state index contributed by atoms with van der Waals surface area (Å²) in [4.78, 5) is 4.20. The van der Waals surface area contributed by atoms with Gasteiger partial charge < -0.3 is 10.1 Å². The molecular formula is C15H20N2O. The number of nitrogens with one attached hydrogen (secondary N) is 1. The van der Waals surface area contributed by atoms with Crippen LogP contribution in [0.4, 0.5) is 0 Å². The summed E-state index contributed by atoms with van der Waals surface area (Å²) < 4.78 is 5.46. The van der Waals surface area contributed by atoms with Crippen LogP contribution < -0.4 is 10.1 Å². The minimum Gasteiger partial charge on any atom is -0.492 e. The van der Waals surface area contributed by atoms with Gasteiger partial charge in [0.1, 0.15) is 5.75 Å². The lowest BCUT2D eigenvalue weighted by Crippen LogP contribution is -2.21. The molecule has 3 rings (SSSR count). The maximum Gasteiger partial charge on any atom is 0.138 e. The lowest BCUT2D eigenvalue weighted by atomic mass is 9.89. The Hall–Kier alpha value is -1.35. The molecule has 2 fully saturated rings. The molecule has 3 heterocycles. The minimum absolute atomic E-state index is 0.686. The van der Waals surface area contributed by atoms with E-state index in [2.05, 4.69) is 22.5 Å². The molecule has 3 nitrogen and oxygen atoms in total. The highest BCUT2D eigenvalue weighted by molar-refractivity contribution is 5.50. The van der Waals surface area contributed by atoms with Crippen LogP contribution in [0, 0.1) is 5.92 Å². The van der Waals surface area contributed by atoms with Gasteiger partial charge in [0.05, 0.1) is 12.8 Å². The molecule has 18 heavy (non-hydrogen) atoms. The predicted molar refractivity (Wildman–Crippen MR) is 72.5 cm³/mol. The third-order valence-corrected chi connectivity index (χ3v) is 3.93. The van der Waals surface area contributed by atoms with Crippen LogP contribution in [0.1, 0.15) is 31.7 Å². The molecule has 0 amide bonds. The molecule has 0 spiro atoms. The van der Waals surface area contributed by atoms with Crippen molar-refractivity contribution in [3.05, 3.63) is 30.1 Å². The van der Waals surface area contributed by atoms with Crippen molar-refractivity contribution in [2.75, 3.05) is 6.61 Å². The van der Waals surface area contributed by atoms with E-state index in [9.17, 15) is 0 Å². The van der Waals surface area contributed by atoms with Crippen LogP contribution in [0.3, 0.4) is 0 Å². The summed E-state index contributed by atoms with van der Waals surface area (Å²) in [6.07, 6.45) is 12.2.